The molecule has 1 aliphatic rings. The fourth-order valence-corrected chi connectivity index (χ4v) is 1.47. The van der Waals surface area contributed by atoms with Gasteiger partial charge >= 0.3 is 0 Å². The van der Waals surface area contributed by atoms with Crippen molar-refractivity contribution in [3.05, 3.63) is 41.5 Å². The van der Waals surface area contributed by atoms with Gasteiger partial charge in [0, 0.05) is 5.56 Å². The van der Waals surface area contributed by atoms with Gasteiger partial charge in [0.2, 0.25) is 0 Å². The van der Waals surface area contributed by atoms with Gasteiger partial charge in [-0.15, -0.1) is 0 Å². The summed E-state index contributed by atoms with van der Waals surface area (Å²) in [4.78, 5) is 0. The predicted octanol–water partition coefficient (Wildman–Crippen LogP) is 2.71. The summed E-state index contributed by atoms with van der Waals surface area (Å²) in [6.07, 6.45) is 4.28. The summed E-state index contributed by atoms with van der Waals surface area (Å²) in [5.74, 6) is 0.945. The van der Waals surface area contributed by atoms with E-state index in [1.165, 1.54) is 0 Å². The largest absolute Gasteiger partial charge is 0.493 e. The zero-order valence-electron chi connectivity index (χ0n) is 7.86. The van der Waals surface area contributed by atoms with Crippen LogP contribution in [0.1, 0.15) is 24.0 Å². The summed E-state index contributed by atoms with van der Waals surface area (Å²) in [6, 6.07) is 9.58. The summed E-state index contributed by atoms with van der Waals surface area (Å²) in [5.41, 5.74) is 1.74. The molecule has 0 fully saturated rings. The Morgan fingerprint density at radius 3 is 2.57 bits per heavy atom. The Labute approximate surface area is 83.4 Å². The van der Waals surface area contributed by atoms with E-state index in [1.54, 1.807) is 0 Å². The van der Waals surface area contributed by atoms with Crippen LogP contribution in [0, 0.1) is 11.3 Å². The lowest BCUT2D eigenvalue weighted by Gasteiger charge is -2.14. The van der Waals surface area contributed by atoms with Gasteiger partial charge in [-0.3, -0.25) is 0 Å². The van der Waals surface area contributed by atoms with Crippen LogP contribution in [0.3, 0.4) is 0 Å². The molecule has 0 aliphatic carbocycles. The fourth-order valence-electron chi connectivity index (χ4n) is 1.47. The second kappa shape index (κ2) is 3.97. The third-order valence-electron chi connectivity index (χ3n) is 2.23. The Morgan fingerprint density at radius 1 is 1.21 bits per heavy atom. The topological polar surface area (TPSA) is 33.0 Å². The van der Waals surface area contributed by atoms with Crippen LogP contribution in [0.4, 0.5) is 0 Å². The van der Waals surface area contributed by atoms with Crippen LogP contribution < -0.4 is 0 Å². The van der Waals surface area contributed by atoms with Gasteiger partial charge in [0.1, 0.15) is 5.76 Å². The first-order valence-corrected chi connectivity index (χ1v) is 4.73. The first-order valence-electron chi connectivity index (χ1n) is 4.73. The number of rotatable bonds is 1. The van der Waals surface area contributed by atoms with E-state index in [4.69, 9.17) is 10.00 Å². The standard InChI is InChI=1S/C12H11NO/c13-9-10-4-6-11(7-5-10)12-3-1-2-8-14-12/h3-7H,1-2,8H2. The lowest BCUT2D eigenvalue weighted by molar-refractivity contribution is 0.259. The maximum Gasteiger partial charge on any atom is 0.122 e. The SMILES string of the molecule is N#Cc1ccc(C2=CCCCO2)cc1. The average Bonchev–Trinajstić information content (AvgIpc) is 2.30. The molecule has 1 aliphatic heterocycles. The number of nitriles is 1. The number of benzene rings is 1. The van der Waals surface area contributed by atoms with Crippen molar-refractivity contribution < 1.29 is 4.74 Å². The van der Waals surface area contributed by atoms with Crippen molar-refractivity contribution in [3.63, 3.8) is 0 Å². The van der Waals surface area contributed by atoms with Crippen molar-refractivity contribution in [2.75, 3.05) is 6.61 Å². The molecule has 2 nitrogen and oxygen atoms in total. The van der Waals surface area contributed by atoms with Gasteiger partial charge in [0.05, 0.1) is 18.2 Å². The lowest BCUT2D eigenvalue weighted by atomic mass is 10.1. The molecule has 0 atom stereocenters. The highest BCUT2D eigenvalue weighted by atomic mass is 16.5. The van der Waals surface area contributed by atoms with Gasteiger partial charge < -0.3 is 4.74 Å². The van der Waals surface area contributed by atoms with E-state index in [0.29, 0.717) is 5.56 Å². The molecule has 0 unspecified atom stereocenters. The Bertz CT molecular complexity index is 384. The molecule has 0 bridgehead atoms. The van der Waals surface area contributed by atoms with E-state index in [-0.39, 0.29) is 0 Å². The van der Waals surface area contributed by atoms with E-state index in [9.17, 15) is 0 Å². The normalized spacial score (nSPS) is 15.2. The molecular formula is C12H11NO. The Kier molecular flexibility index (Phi) is 2.51. The number of hydrogen-bond donors (Lipinski definition) is 0. The van der Waals surface area contributed by atoms with Gasteiger partial charge in [0.25, 0.3) is 0 Å². The van der Waals surface area contributed by atoms with E-state index < -0.39 is 0 Å². The molecule has 1 heterocycles. The zero-order chi connectivity index (χ0) is 9.80. The van der Waals surface area contributed by atoms with E-state index >= 15 is 0 Å². The molecule has 1 aromatic rings. The maximum absolute atomic E-state index is 8.64. The highest BCUT2D eigenvalue weighted by Gasteiger charge is 2.06. The second-order valence-electron chi connectivity index (χ2n) is 3.25. The van der Waals surface area contributed by atoms with Crippen LogP contribution in [0.5, 0.6) is 0 Å². The summed E-state index contributed by atoms with van der Waals surface area (Å²) in [7, 11) is 0. The van der Waals surface area contributed by atoms with E-state index in [0.717, 1.165) is 30.8 Å². The minimum atomic E-state index is 0.685. The van der Waals surface area contributed by atoms with Crippen molar-refractivity contribution in [1.29, 1.82) is 5.26 Å². The molecule has 0 radical (unpaired) electrons. The molecule has 2 rings (SSSR count). The number of allylic oxidation sites excluding steroid dienone is 1. The number of nitrogens with zero attached hydrogens (tertiary/aromatic N) is 1. The summed E-state index contributed by atoms with van der Waals surface area (Å²) in [5, 5.41) is 8.64. The molecule has 0 N–H and O–H groups in total. The van der Waals surface area contributed by atoms with Gasteiger partial charge in [-0.1, -0.05) is 0 Å². The highest BCUT2D eigenvalue weighted by molar-refractivity contribution is 5.60. The van der Waals surface area contributed by atoms with Crippen LogP contribution >= 0.6 is 0 Å². The summed E-state index contributed by atoms with van der Waals surface area (Å²) >= 11 is 0. The molecule has 2 heteroatoms. The van der Waals surface area contributed by atoms with Crippen molar-refractivity contribution >= 4 is 5.76 Å². The maximum atomic E-state index is 8.64. The molecule has 1 aromatic carbocycles. The third-order valence-corrected chi connectivity index (χ3v) is 2.23. The first-order chi connectivity index (χ1) is 6.90. The number of hydrogen-bond acceptors (Lipinski definition) is 2. The first kappa shape index (κ1) is 8.83. The van der Waals surface area contributed by atoms with Crippen LogP contribution in [-0.4, -0.2) is 6.61 Å². The van der Waals surface area contributed by atoms with Crippen LogP contribution in [0.25, 0.3) is 5.76 Å². The molecule has 0 aromatic heterocycles. The van der Waals surface area contributed by atoms with Crippen molar-refractivity contribution in [2.24, 2.45) is 0 Å². The smallest absolute Gasteiger partial charge is 0.122 e. The highest BCUT2D eigenvalue weighted by Crippen LogP contribution is 2.21. The monoisotopic (exact) mass is 185 g/mol. The van der Waals surface area contributed by atoms with Gasteiger partial charge in [-0.05, 0) is 43.2 Å². The quantitative estimate of drug-likeness (QED) is 0.674. The molecule has 0 amide bonds. The molecule has 70 valence electrons. The summed E-state index contributed by atoms with van der Waals surface area (Å²) in [6.45, 7) is 0.797. The minimum absolute atomic E-state index is 0.685. The second-order valence-corrected chi connectivity index (χ2v) is 3.25. The van der Waals surface area contributed by atoms with Crippen molar-refractivity contribution in [1.82, 2.24) is 0 Å². The van der Waals surface area contributed by atoms with Crippen LogP contribution in [0.15, 0.2) is 30.3 Å². The third kappa shape index (κ3) is 1.77. The van der Waals surface area contributed by atoms with Crippen molar-refractivity contribution in [3.8, 4) is 6.07 Å². The van der Waals surface area contributed by atoms with Crippen LogP contribution in [-0.2, 0) is 4.74 Å². The predicted molar refractivity (Wildman–Crippen MR) is 54.3 cm³/mol. The molecular weight excluding hydrogens is 174 g/mol. The van der Waals surface area contributed by atoms with Gasteiger partial charge in [-0.25, -0.2) is 0 Å². The fraction of sp³-hybridized carbons (Fsp3) is 0.250. The van der Waals surface area contributed by atoms with Gasteiger partial charge in [-0.2, -0.15) is 5.26 Å². The Hall–Kier alpha value is -1.75. The molecule has 0 saturated heterocycles. The number of ether oxygens (including phenoxy) is 1. The molecule has 14 heavy (non-hydrogen) atoms. The lowest BCUT2D eigenvalue weighted by Crippen LogP contribution is -2.00. The molecule has 0 spiro atoms. The van der Waals surface area contributed by atoms with E-state index in [1.807, 2.05) is 24.3 Å². The van der Waals surface area contributed by atoms with E-state index in [2.05, 4.69) is 12.1 Å². The van der Waals surface area contributed by atoms with Crippen molar-refractivity contribution in [2.45, 2.75) is 12.8 Å². The molecule has 0 saturated carbocycles. The average molecular weight is 185 g/mol. The summed E-state index contributed by atoms with van der Waals surface area (Å²) < 4.78 is 5.52. The minimum Gasteiger partial charge on any atom is -0.493 e. The Balaban J connectivity index is 2.25. The Morgan fingerprint density at radius 2 is 2.00 bits per heavy atom. The zero-order valence-corrected chi connectivity index (χ0v) is 7.86. The van der Waals surface area contributed by atoms with Crippen LogP contribution in [0.2, 0.25) is 0 Å². The van der Waals surface area contributed by atoms with Gasteiger partial charge in [0.15, 0.2) is 0 Å².